The summed E-state index contributed by atoms with van der Waals surface area (Å²) >= 11 is 0. The van der Waals surface area contributed by atoms with Gasteiger partial charge in [0.05, 0.1) is 23.1 Å². The fourth-order valence-electron chi connectivity index (χ4n) is 5.55. The fourth-order valence-corrected chi connectivity index (χ4v) is 6.54. The molecule has 2 aromatic carbocycles. The lowest BCUT2D eigenvalue weighted by Crippen LogP contribution is -2.47. The van der Waals surface area contributed by atoms with E-state index in [-0.39, 0.29) is 34.7 Å². The fraction of sp³-hybridized carbons (Fsp3) is 0.433. The average molecular weight is 619 g/mol. The first-order chi connectivity index (χ1) is 20.4. The number of amides is 1. The minimum absolute atomic E-state index is 0.0332. The van der Waals surface area contributed by atoms with E-state index in [1.165, 1.54) is 24.3 Å². The lowest BCUT2D eigenvalue weighted by molar-refractivity contribution is -0.147. The number of nitrogens with one attached hydrogen (secondary N) is 1. The van der Waals surface area contributed by atoms with E-state index in [2.05, 4.69) is 14.7 Å². The van der Waals surface area contributed by atoms with E-state index in [1.54, 1.807) is 0 Å². The van der Waals surface area contributed by atoms with Crippen molar-refractivity contribution in [3.8, 4) is 17.1 Å². The molecule has 1 aromatic heterocycles. The molecular formula is C30H33F3N4O5S. The third kappa shape index (κ3) is 7.45. The predicted octanol–water partition coefficient (Wildman–Crippen LogP) is 5.53. The second kappa shape index (κ2) is 12.5. The Balaban J connectivity index is 1.61. The third-order valence-corrected chi connectivity index (χ3v) is 9.09. The number of anilines is 1. The molecule has 1 fully saturated rings. The highest BCUT2D eigenvalue weighted by molar-refractivity contribution is 7.92. The molecule has 1 amide bonds. The molecule has 0 aliphatic carbocycles. The standard InChI is InChI=1S/C30H33F3N4O5S/c1-19-5-3-6-20(2)27(19)25-16-26-35-29(34-25)36-43(39,40)24-8-4-7-22(15-24)28(38)37(12-9-21-10-13-41-14-11-21)23(18-42-26)17-30(31,32)33/h3-8,15-16,21,23H,9-14,17-18H2,1-2H3,(H,34,35,36)/t23-/m1/s1. The van der Waals surface area contributed by atoms with Crippen LogP contribution < -0.4 is 9.46 Å². The van der Waals surface area contributed by atoms with Crippen molar-refractivity contribution in [2.45, 2.75) is 56.6 Å². The number of aryl methyl sites for hydroxylation is 2. The Morgan fingerprint density at radius 3 is 2.42 bits per heavy atom. The maximum atomic E-state index is 13.9. The van der Waals surface area contributed by atoms with Gasteiger partial charge in [-0.15, -0.1) is 0 Å². The van der Waals surface area contributed by atoms with Crippen LogP contribution in [0, 0.1) is 19.8 Å². The molecule has 3 heterocycles. The van der Waals surface area contributed by atoms with Crippen molar-refractivity contribution >= 4 is 21.9 Å². The van der Waals surface area contributed by atoms with Crippen LogP contribution in [0.4, 0.5) is 19.1 Å². The van der Waals surface area contributed by atoms with Gasteiger partial charge in [0, 0.05) is 37.0 Å². The Kier molecular flexibility index (Phi) is 8.93. The number of ether oxygens (including phenoxy) is 2. The van der Waals surface area contributed by atoms with Gasteiger partial charge >= 0.3 is 6.18 Å². The predicted molar refractivity (Wildman–Crippen MR) is 153 cm³/mol. The summed E-state index contributed by atoms with van der Waals surface area (Å²) in [5.74, 6) is -0.968. The van der Waals surface area contributed by atoms with Crippen LogP contribution in [0.1, 0.15) is 47.2 Å². The molecule has 1 saturated heterocycles. The van der Waals surface area contributed by atoms with Crippen LogP contribution in [0.3, 0.4) is 0 Å². The van der Waals surface area contributed by atoms with Crippen LogP contribution in [-0.4, -0.2) is 67.8 Å². The van der Waals surface area contributed by atoms with Gasteiger partial charge in [0.25, 0.3) is 15.9 Å². The van der Waals surface area contributed by atoms with Crippen molar-refractivity contribution in [2.24, 2.45) is 5.92 Å². The molecular weight excluding hydrogens is 585 g/mol. The lowest BCUT2D eigenvalue weighted by atomic mass is 9.95. The smallest absolute Gasteiger partial charge is 0.391 e. The van der Waals surface area contributed by atoms with Crippen LogP contribution in [0.5, 0.6) is 5.88 Å². The molecule has 13 heteroatoms. The molecule has 0 radical (unpaired) electrons. The number of aromatic nitrogens is 2. The van der Waals surface area contributed by atoms with Gasteiger partial charge in [0.2, 0.25) is 11.8 Å². The topological polar surface area (TPSA) is 111 Å². The monoisotopic (exact) mass is 618 g/mol. The minimum Gasteiger partial charge on any atom is -0.475 e. The second-order valence-corrected chi connectivity index (χ2v) is 12.6. The zero-order valence-electron chi connectivity index (χ0n) is 23.9. The van der Waals surface area contributed by atoms with E-state index in [4.69, 9.17) is 9.47 Å². The summed E-state index contributed by atoms with van der Waals surface area (Å²) in [6.07, 6.45) is -3.96. The maximum absolute atomic E-state index is 13.9. The van der Waals surface area contributed by atoms with E-state index in [9.17, 15) is 26.4 Å². The molecule has 2 aliphatic rings. The molecule has 5 rings (SSSR count). The number of alkyl halides is 3. The Morgan fingerprint density at radius 1 is 1.02 bits per heavy atom. The number of rotatable bonds is 5. The molecule has 1 atom stereocenters. The Morgan fingerprint density at radius 2 is 1.72 bits per heavy atom. The number of carbonyl (C=O) groups excluding carboxylic acids is 1. The van der Waals surface area contributed by atoms with Gasteiger partial charge in [-0.2, -0.15) is 18.2 Å². The van der Waals surface area contributed by atoms with Crippen molar-refractivity contribution in [1.29, 1.82) is 0 Å². The van der Waals surface area contributed by atoms with Gasteiger partial charge in [-0.1, -0.05) is 24.3 Å². The van der Waals surface area contributed by atoms with Crippen molar-refractivity contribution in [3.05, 3.63) is 65.2 Å². The summed E-state index contributed by atoms with van der Waals surface area (Å²) in [6.45, 7) is 4.35. The van der Waals surface area contributed by atoms with Crippen LogP contribution in [-0.2, 0) is 14.8 Å². The lowest BCUT2D eigenvalue weighted by Gasteiger charge is -2.34. The minimum atomic E-state index is -4.60. The van der Waals surface area contributed by atoms with Crippen molar-refractivity contribution < 1.29 is 35.9 Å². The van der Waals surface area contributed by atoms with Crippen LogP contribution in [0.25, 0.3) is 11.3 Å². The van der Waals surface area contributed by atoms with Gasteiger partial charge in [0.1, 0.15) is 6.61 Å². The van der Waals surface area contributed by atoms with Gasteiger partial charge in [0.15, 0.2) is 0 Å². The Bertz CT molecular complexity index is 1570. The number of fused-ring (bicyclic) bond motifs is 4. The number of benzene rings is 2. The van der Waals surface area contributed by atoms with Gasteiger partial charge in [-0.05, 0) is 68.4 Å². The number of hydrogen-bond donors (Lipinski definition) is 1. The number of sulfonamides is 1. The summed E-state index contributed by atoms with van der Waals surface area (Å²) in [7, 11) is -4.29. The molecule has 3 aromatic rings. The highest BCUT2D eigenvalue weighted by Crippen LogP contribution is 2.32. The molecule has 1 N–H and O–H groups in total. The normalized spacial score (nSPS) is 19.4. The number of nitrogens with zero attached hydrogens (tertiary/aromatic N) is 3. The van der Waals surface area contributed by atoms with E-state index in [0.717, 1.165) is 34.9 Å². The molecule has 0 spiro atoms. The van der Waals surface area contributed by atoms with Crippen molar-refractivity contribution in [3.63, 3.8) is 0 Å². The largest absolute Gasteiger partial charge is 0.475 e. The molecule has 230 valence electrons. The highest BCUT2D eigenvalue weighted by Gasteiger charge is 2.38. The quantitative estimate of drug-likeness (QED) is 0.400. The van der Waals surface area contributed by atoms with Crippen LogP contribution >= 0.6 is 0 Å². The number of halogens is 3. The molecule has 43 heavy (non-hydrogen) atoms. The highest BCUT2D eigenvalue weighted by atomic mass is 32.2. The molecule has 9 nitrogen and oxygen atoms in total. The number of hydrogen-bond acceptors (Lipinski definition) is 7. The average Bonchev–Trinajstić information content (AvgIpc) is 2.95. The van der Waals surface area contributed by atoms with Gasteiger partial charge in [-0.25, -0.2) is 18.1 Å². The van der Waals surface area contributed by atoms with E-state index < -0.39 is 41.2 Å². The zero-order chi connectivity index (χ0) is 30.8. The molecule has 4 bridgehead atoms. The molecule has 0 saturated carbocycles. The summed E-state index contributed by atoms with van der Waals surface area (Å²) in [5, 5.41) is 0. The first-order valence-corrected chi connectivity index (χ1v) is 15.5. The molecule has 0 unspecified atom stereocenters. The third-order valence-electron chi connectivity index (χ3n) is 7.77. The summed E-state index contributed by atoms with van der Waals surface area (Å²) in [4.78, 5) is 23.4. The van der Waals surface area contributed by atoms with E-state index in [0.29, 0.717) is 30.9 Å². The van der Waals surface area contributed by atoms with Crippen molar-refractivity contribution in [1.82, 2.24) is 14.9 Å². The Labute approximate surface area is 248 Å². The summed E-state index contributed by atoms with van der Waals surface area (Å²) in [5.41, 5.74) is 2.70. The second-order valence-electron chi connectivity index (χ2n) is 10.9. The SMILES string of the molecule is Cc1cccc(C)c1-c1cc2nc(n1)NS(=O)(=O)c1cccc(c1)C(=O)N(CCC1CCOCC1)[C@H](CC(F)(F)F)CO2. The van der Waals surface area contributed by atoms with Crippen molar-refractivity contribution in [2.75, 3.05) is 31.1 Å². The van der Waals surface area contributed by atoms with Crippen LogP contribution in [0.15, 0.2) is 53.4 Å². The van der Waals surface area contributed by atoms with E-state index in [1.807, 2.05) is 32.0 Å². The maximum Gasteiger partial charge on any atom is 0.391 e. The van der Waals surface area contributed by atoms with Gasteiger partial charge in [-0.3, -0.25) is 4.79 Å². The zero-order valence-corrected chi connectivity index (χ0v) is 24.7. The van der Waals surface area contributed by atoms with Crippen LogP contribution in [0.2, 0.25) is 0 Å². The van der Waals surface area contributed by atoms with Gasteiger partial charge < -0.3 is 14.4 Å². The number of carbonyl (C=O) groups is 1. The summed E-state index contributed by atoms with van der Waals surface area (Å²) < 4.78 is 82.3. The first-order valence-electron chi connectivity index (χ1n) is 14.1. The first kappa shape index (κ1) is 30.7. The Hall–Kier alpha value is -3.71. The van der Waals surface area contributed by atoms with E-state index >= 15 is 0 Å². The summed E-state index contributed by atoms with van der Waals surface area (Å²) in [6, 6.07) is 10.9. The molecule has 2 aliphatic heterocycles.